The summed E-state index contributed by atoms with van der Waals surface area (Å²) < 4.78 is 54.3. The van der Waals surface area contributed by atoms with Crippen molar-refractivity contribution >= 4 is 28.2 Å². The van der Waals surface area contributed by atoms with Gasteiger partial charge in [-0.05, 0) is 30.3 Å². The summed E-state index contributed by atoms with van der Waals surface area (Å²) in [6, 6.07) is 8.60. The average Bonchev–Trinajstić information content (AvgIpc) is 3.18. The van der Waals surface area contributed by atoms with Crippen molar-refractivity contribution in [3.8, 4) is 17.2 Å². The van der Waals surface area contributed by atoms with E-state index in [0.29, 0.717) is 22.3 Å². The highest BCUT2D eigenvalue weighted by molar-refractivity contribution is 7.15. The number of urea groups is 1. The van der Waals surface area contributed by atoms with E-state index in [1.54, 1.807) is 18.2 Å². The van der Waals surface area contributed by atoms with Crippen molar-refractivity contribution in [2.45, 2.75) is 12.8 Å². The topological polar surface area (TPSA) is 94.6 Å². The molecule has 12 heteroatoms. The zero-order valence-corrected chi connectivity index (χ0v) is 17.1. The minimum Gasteiger partial charge on any atom is -0.493 e. The lowest BCUT2D eigenvalue weighted by Crippen LogP contribution is -2.19. The maximum atomic E-state index is 12.8. The van der Waals surface area contributed by atoms with Gasteiger partial charge in [-0.3, -0.25) is 5.32 Å². The summed E-state index contributed by atoms with van der Waals surface area (Å²) in [5.41, 5.74) is -0.871. The molecule has 0 bridgehead atoms. The number of methoxy groups -OCH3 is 2. The fourth-order valence-electron chi connectivity index (χ4n) is 2.45. The third-order valence-corrected chi connectivity index (χ3v) is 4.66. The summed E-state index contributed by atoms with van der Waals surface area (Å²) in [7, 11) is 3.03. The van der Waals surface area contributed by atoms with Gasteiger partial charge in [0.2, 0.25) is 5.13 Å². The van der Waals surface area contributed by atoms with Crippen LogP contribution in [-0.4, -0.2) is 30.4 Å². The van der Waals surface area contributed by atoms with Crippen LogP contribution in [0.25, 0.3) is 0 Å². The number of nitrogens with one attached hydrogen (secondary N) is 2. The second kappa shape index (κ2) is 9.51. The molecule has 31 heavy (non-hydrogen) atoms. The van der Waals surface area contributed by atoms with E-state index in [1.165, 1.54) is 26.4 Å². The van der Waals surface area contributed by atoms with Crippen LogP contribution < -0.4 is 24.8 Å². The number of anilines is 2. The van der Waals surface area contributed by atoms with Gasteiger partial charge in [0, 0.05) is 11.8 Å². The maximum absolute atomic E-state index is 12.8. The van der Waals surface area contributed by atoms with Gasteiger partial charge in [-0.15, -0.1) is 10.2 Å². The van der Waals surface area contributed by atoms with E-state index in [9.17, 15) is 18.0 Å². The molecule has 0 spiro atoms. The minimum absolute atomic E-state index is 0.00569. The first kappa shape index (κ1) is 22.2. The molecule has 0 aliphatic heterocycles. The van der Waals surface area contributed by atoms with Gasteiger partial charge in [0.15, 0.2) is 16.5 Å². The first-order chi connectivity index (χ1) is 14.8. The number of alkyl halides is 3. The number of hydrogen-bond acceptors (Lipinski definition) is 7. The van der Waals surface area contributed by atoms with Crippen molar-refractivity contribution in [1.82, 2.24) is 10.2 Å². The van der Waals surface area contributed by atoms with Gasteiger partial charge in [0.1, 0.15) is 12.4 Å². The quantitative estimate of drug-likeness (QED) is 0.533. The molecule has 2 aromatic carbocycles. The van der Waals surface area contributed by atoms with Gasteiger partial charge in [-0.1, -0.05) is 17.4 Å². The highest BCUT2D eigenvalue weighted by Gasteiger charge is 2.30. The Bertz CT molecular complexity index is 1060. The summed E-state index contributed by atoms with van der Waals surface area (Å²) in [4.78, 5) is 12.0. The molecule has 3 rings (SSSR count). The number of carbonyl (C=O) groups is 1. The summed E-state index contributed by atoms with van der Waals surface area (Å²) in [5.74, 6) is 1.58. The number of amides is 2. The second-order valence-corrected chi connectivity index (χ2v) is 7.03. The van der Waals surface area contributed by atoms with Gasteiger partial charge in [-0.2, -0.15) is 13.2 Å². The molecule has 0 aliphatic carbocycles. The average molecular weight is 454 g/mol. The molecule has 0 atom stereocenters. The number of hydrogen-bond donors (Lipinski definition) is 2. The van der Waals surface area contributed by atoms with Crippen LogP contribution in [0.1, 0.15) is 10.6 Å². The lowest BCUT2D eigenvalue weighted by Gasteiger charge is -2.10. The number of rotatable bonds is 7. The second-order valence-electron chi connectivity index (χ2n) is 5.96. The Labute approximate surface area is 179 Å². The van der Waals surface area contributed by atoms with Crippen LogP contribution >= 0.6 is 11.3 Å². The Morgan fingerprint density at radius 1 is 1.03 bits per heavy atom. The van der Waals surface area contributed by atoms with E-state index in [2.05, 4.69) is 20.8 Å². The van der Waals surface area contributed by atoms with E-state index >= 15 is 0 Å². The molecular weight excluding hydrogens is 437 g/mol. The Morgan fingerprint density at radius 3 is 2.52 bits per heavy atom. The zero-order chi connectivity index (χ0) is 22.4. The van der Waals surface area contributed by atoms with E-state index in [4.69, 9.17) is 14.2 Å². The molecule has 3 aromatic rings. The Hall–Kier alpha value is -3.54. The zero-order valence-electron chi connectivity index (χ0n) is 16.3. The van der Waals surface area contributed by atoms with E-state index < -0.39 is 17.8 Å². The van der Waals surface area contributed by atoms with Gasteiger partial charge < -0.3 is 19.5 Å². The van der Waals surface area contributed by atoms with Gasteiger partial charge in [0.25, 0.3) is 0 Å². The van der Waals surface area contributed by atoms with Crippen LogP contribution in [0.15, 0.2) is 42.5 Å². The minimum atomic E-state index is -4.50. The Kier molecular flexibility index (Phi) is 6.80. The predicted molar refractivity (Wildman–Crippen MR) is 108 cm³/mol. The molecule has 0 saturated carbocycles. The molecule has 2 N–H and O–H groups in total. The number of aromatic nitrogens is 2. The molecule has 1 heterocycles. The van der Waals surface area contributed by atoms with Crippen molar-refractivity contribution in [3.05, 3.63) is 53.0 Å². The van der Waals surface area contributed by atoms with Gasteiger partial charge >= 0.3 is 12.2 Å². The highest BCUT2D eigenvalue weighted by atomic mass is 32.1. The third kappa shape index (κ3) is 5.98. The smallest absolute Gasteiger partial charge is 0.416 e. The number of halogens is 3. The van der Waals surface area contributed by atoms with E-state index in [0.717, 1.165) is 23.5 Å². The monoisotopic (exact) mass is 454 g/mol. The first-order valence-electron chi connectivity index (χ1n) is 8.71. The molecule has 1 aromatic heterocycles. The molecule has 2 amide bonds. The van der Waals surface area contributed by atoms with Crippen LogP contribution in [0.3, 0.4) is 0 Å². The molecule has 0 fully saturated rings. The molecular formula is C19H17F3N4O4S. The van der Waals surface area contributed by atoms with Crippen LogP contribution in [0.5, 0.6) is 17.2 Å². The van der Waals surface area contributed by atoms with Gasteiger partial charge in [0.05, 0.1) is 19.8 Å². The molecule has 0 saturated heterocycles. The number of carbonyl (C=O) groups excluding carboxylic acids is 1. The molecule has 0 unspecified atom stereocenters. The Balaban J connectivity index is 1.56. The van der Waals surface area contributed by atoms with Crippen LogP contribution in [-0.2, 0) is 12.8 Å². The van der Waals surface area contributed by atoms with Crippen molar-refractivity contribution in [2.24, 2.45) is 0 Å². The summed E-state index contributed by atoms with van der Waals surface area (Å²) in [5, 5.41) is 13.1. The fourth-order valence-corrected chi connectivity index (χ4v) is 3.09. The summed E-state index contributed by atoms with van der Waals surface area (Å²) >= 11 is 1.06. The first-order valence-corrected chi connectivity index (χ1v) is 9.52. The van der Waals surface area contributed by atoms with Crippen LogP contribution in [0.4, 0.5) is 28.8 Å². The lowest BCUT2D eigenvalue weighted by atomic mass is 10.2. The maximum Gasteiger partial charge on any atom is 0.416 e. The largest absolute Gasteiger partial charge is 0.493 e. The van der Waals surface area contributed by atoms with Crippen molar-refractivity contribution < 1.29 is 32.2 Å². The van der Waals surface area contributed by atoms with Crippen molar-refractivity contribution in [2.75, 3.05) is 24.9 Å². The molecule has 0 aliphatic rings. The standard InChI is InChI=1S/C19H17F3N4O4S/c1-28-14-7-6-13(9-15(14)29-2)30-10-16-25-26-18(31-16)24-17(27)23-12-5-3-4-11(8-12)19(20,21)22/h3-9H,10H2,1-2H3,(H2,23,24,26,27). The molecule has 164 valence electrons. The lowest BCUT2D eigenvalue weighted by molar-refractivity contribution is -0.137. The van der Waals surface area contributed by atoms with E-state index in [-0.39, 0.29) is 17.4 Å². The number of benzene rings is 2. The van der Waals surface area contributed by atoms with Crippen molar-refractivity contribution in [3.63, 3.8) is 0 Å². The van der Waals surface area contributed by atoms with Crippen molar-refractivity contribution in [1.29, 1.82) is 0 Å². The summed E-state index contributed by atoms with van der Waals surface area (Å²) in [6.45, 7) is 0.0874. The highest BCUT2D eigenvalue weighted by Crippen LogP contribution is 2.32. The SMILES string of the molecule is COc1ccc(OCc2nnc(NC(=O)Nc3cccc(C(F)(F)F)c3)s2)cc1OC. The fraction of sp³-hybridized carbons (Fsp3) is 0.211. The predicted octanol–water partition coefficient (Wildman–Crippen LogP) is 4.80. The summed E-state index contributed by atoms with van der Waals surface area (Å²) in [6.07, 6.45) is -4.50. The molecule has 8 nitrogen and oxygen atoms in total. The third-order valence-electron chi connectivity index (χ3n) is 3.85. The van der Waals surface area contributed by atoms with Crippen LogP contribution in [0, 0.1) is 0 Å². The number of ether oxygens (including phenoxy) is 3. The number of nitrogens with zero attached hydrogens (tertiary/aromatic N) is 2. The van der Waals surface area contributed by atoms with E-state index in [1.807, 2.05) is 0 Å². The molecule has 0 radical (unpaired) electrons. The Morgan fingerprint density at radius 2 is 1.81 bits per heavy atom. The van der Waals surface area contributed by atoms with Gasteiger partial charge in [-0.25, -0.2) is 4.79 Å². The van der Waals surface area contributed by atoms with Crippen LogP contribution in [0.2, 0.25) is 0 Å². The normalized spacial score (nSPS) is 11.0.